The van der Waals surface area contributed by atoms with Gasteiger partial charge in [0.25, 0.3) is 0 Å². The zero-order valence-corrected chi connectivity index (χ0v) is 11.8. The molecule has 1 amide bonds. The van der Waals surface area contributed by atoms with Crippen molar-refractivity contribution in [3.8, 4) is 0 Å². The van der Waals surface area contributed by atoms with E-state index in [2.05, 4.69) is 0 Å². The predicted molar refractivity (Wildman–Crippen MR) is 70.4 cm³/mol. The molecular formula is C13H24N2O4. The van der Waals surface area contributed by atoms with Crippen molar-refractivity contribution in [2.45, 2.75) is 26.2 Å². The van der Waals surface area contributed by atoms with E-state index in [0.717, 1.165) is 19.3 Å². The zero-order valence-electron chi connectivity index (χ0n) is 11.8. The second-order valence-corrected chi connectivity index (χ2v) is 4.86. The molecule has 0 radical (unpaired) electrons. The molecule has 0 aliphatic heterocycles. The number of esters is 1. The minimum absolute atomic E-state index is 0.0300. The largest absolute Gasteiger partial charge is 0.465 e. The van der Waals surface area contributed by atoms with Crippen molar-refractivity contribution in [2.24, 2.45) is 11.1 Å². The summed E-state index contributed by atoms with van der Waals surface area (Å²) in [4.78, 5) is 25.6. The first kappa shape index (κ1) is 15.9. The molecular weight excluding hydrogens is 248 g/mol. The van der Waals surface area contributed by atoms with Crippen LogP contribution in [0.2, 0.25) is 0 Å². The van der Waals surface area contributed by atoms with Crippen molar-refractivity contribution in [1.29, 1.82) is 0 Å². The molecule has 6 nitrogen and oxygen atoms in total. The number of nitrogens with zero attached hydrogens (tertiary/aromatic N) is 1. The van der Waals surface area contributed by atoms with Crippen LogP contribution in [-0.4, -0.2) is 56.7 Å². The molecule has 0 aromatic rings. The van der Waals surface area contributed by atoms with Gasteiger partial charge in [-0.1, -0.05) is 6.42 Å². The summed E-state index contributed by atoms with van der Waals surface area (Å²) in [5.41, 5.74) is 5.26. The fourth-order valence-electron chi connectivity index (χ4n) is 2.26. The van der Waals surface area contributed by atoms with Gasteiger partial charge in [0.15, 0.2) is 0 Å². The van der Waals surface area contributed by atoms with Crippen LogP contribution in [0.25, 0.3) is 0 Å². The fourth-order valence-corrected chi connectivity index (χ4v) is 2.26. The van der Waals surface area contributed by atoms with Crippen LogP contribution in [0.5, 0.6) is 0 Å². The van der Waals surface area contributed by atoms with E-state index in [9.17, 15) is 9.59 Å². The van der Waals surface area contributed by atoms with E-state index in [4.69, 9.17) is 15.2 Å². The van der Waals surface area contributed by atoms with Gasteiger partial charge in [-0.25, -0.2) is 0 Å². The van der Waals surface area contributed by atoms with Gasteiger partial charge in [0, 0.05) is 20.2 Å². The van der Waals surface area contributed by atoms with Gasteiger partial charge < -0.3 is 20.1 Å². The van der Waals surface area contributed by atoms with Crippen LogP contribution < -0.4 is 5.73 Å². The van der Waals surface area contributed by atoms with Crippen molar-refractivity contribution in [3.05, 3.63) is 0 Å². The molecule has 110 valence electrons. The van der Waals surface area contributed by atoms with Crippen molar-refractivity contribution >= 4 is 11.9 Å². The summed E-state index contributed by atoms with van der Waals surface area (Å²) in [6, 6.07) is 0. The van der Waals surface area contributed by atoms with Gasteiger partial charge in [0.05, 0.1) is 18.6 Å². The summed E-state index contributed by atoms with van der Waals surface area (Å²) >= 11 is 0. The van der Waals surface area contributed by atoms with Crippen LogP contribution in [0.3, 0.4) is 0 Å². The number of nitrogens with two attached hydrogens (primary N) is 1. The van der Waals surface area contributed by atoms with E-state index in [1.54, 1.807) is 14.0 Å². The maximum atomic E-state index is 12.5. The normalized spacial score (nSPS) is 16.6. The topological polar surface area (TPSA) is 81.9 Å². The average Bonchev–Trinajstić information content (AvgIpc) is 2.34. The molecule has 0 saturated heterocycles. The Kier molecular flexibility index (Phi) is 6.24. The number of amides is 1. The van der Waals surface area contributed by atoms with E-state index in [1.807, 2.05) is 0 Å². The smallest absolute Gasteiger partial charge is 0.325 e. The summed E-state index contributed by atoms with van der Waals surface area (Å²) in [5.74, 6) is -0.440. The minimum Gasteiger partial charge on any atom is -0.465 e. The molecule has 1 aliphatic rings. The van der Waals surface area contributed by atoms with Gasteiger partial charge >= 0.3 is 5.97 Å². The van der Waals surface area contributed by atoms with Crippen LogP contribution in [0.15, 0.2) is 0 Å². The van der Waals surface area contributed by atoms with Gasteiger partial charge in [-0.3, -0.25) is 9.59 Å². The minimum atomic E-state index is -0.472. The Morgan fingerprint density at radius 1 is 1.37 bits per heavy atom. The third-order valence-corrected chi connectivity index (χ3v) is 3.63. The summed E-state index contributed by atoms with van der Waals surface area (Å²) in [6.45, 7) is 3.14. The molecule has 1 fully saturated rings. The lowest BCUT2D eigenvalue weighted by Crippen LogP contribution is -2.53. The van der Waals surface area contributed by atoms with E-state index in [0.29, 0.717) is 26.3 Å². The first-order valence-electron chi connectivity index (χ1n) is 6.73. The Labute approximate surface area is 114 Å². The number of methoxy groups -OCH3 is 1. The zero-order chi connectivity index (χ0) is 14.3. The molecule has 0 atom stereocenters. The molecule has 0 heterocycles. The lowest BCUT2D eigenvalue weighted by molar-refractivity contribution is -0.156. The number of ether oxygens (including phenoxy) is 2. The quantitative estimate of drug-likeness (QED) is 0.636. The predicted octanol–water partition coefficient (Wildman–Crippen LogP) is 0.154. The maximum Gasteiger partial charge on any atom is 0.325 e. The van der Waals surface area contributed by atoms with Gasteiger partial charge in [-0.15, -0.1) is 0 Å². The second kappa shape index (κ2) is 7.45. The van der Waals surface area contributed by atoms with Gasteiger partial charge in [-0.2, -0.15) is 0 Å². The first-order valence-corrected chi connectivity index (χ1v) is 6.73. The highest BCUT2D eigenvalue weighted by Gasteiger charge is 2.45. The van der Waals surface area contributed by atoms with E-state index in [-0.39, 0.29) is 12.5 Å². The molecule has 0 unspecified atom stereocenters. The van der Waals surface area contributed by atoms with Crippen LogP contribution >= 0.6 is 0 Å². The summed E-state index contributed by atoms with van der Waals surface area (Å²) in [5, 5.41) is 0. The van der Waals surface area contributed by atoms with Crippen LogP contribution in [0.1, 0.15) is 26.2 Å². The second-order valence-electron chi connectivity index (χ2n) is 4.86. The molecule has 6 heteroatoms. The molecule has 0 bridgehead atoms. The Balaban J connectivity index is 2.66. The molecule has 1 saturated carbocycles. The third kappa shape index (κ3) is 3.91. The Bertz CT molecular complexity index is 310. The van der Waals surface area contributed by atoms with Gasteiger partial charge in [0.2, 0.25) is 5.91 Å². The monoisotopic (exact) mass is 272 g/mol. The lowest BCUT2D eigenvalue weighted by Gasteiger charge is -2.42. The Hall–Kier alpha value is -1.14. The van der Waals surface area contributed by atoms with E-state index >= 15 is 0 Å². The van der Waals surface area contributed by atoms with Crippen LogP contribution in [0.4, 0.5) is 0 Å². The fraction of sp³-hybridized carbons (Fsp3) is 0.846. The average molecular weight is 272 g/mol. The number of carbonyl (C=O) groups excluding carboxylic acids is 2. The summed E-state index contributed by atoms with van der Waals surface area (Å²) in [7, 11) is 1.56. The highest BCUT2D eigenvalue weighted by molar-refractivity contribution is 5.87. The Morgan fingerprint density at radius 2 is 2.05 bits per heavy atom. The maximum absolute atomic E-state index is 12.5. The number of hydrogen-bond donors (Lipinski definition) is 1. The van der Waals surface area contributed by atoms with Gasteiger partial charge in [0.1, 0.15) is 6.54 Å². The van der Waals surface area contributed by atoms with Gasteiger partial charge in [-0.05, 0) is 19.8 Å². The molecule has 0 aromatic heterocycles. The summed E-state index contributed by atoms with van der Waals surface area (Å²) < 4.78 is 9.88. The number of rotatable bonds is 8. The Morgan fingerprint density at radius 3 is 2.47 bits per heavy atom. The van der Waals surface area contributed by atoms with Crippen LogP contribution in [0, 0.1) is 5.41 Å². The molecule has 19 heavy (non-hydrogen) atoms. The molecule has 1 rings (SSSR count). The third-order valence-electron chi connectivity index (χ3n) is 3.63. The van der Waals surface area contributed by atoms with Crippen molar-refractivity contribution in [2.75, 3.05) is 40.0 Å². The number of hydrogen-bond acceptors (Lipinski definition) is 5. The highest BCUT2D eigenvalue weighted by atomic mass is 16.5. The number of carbonyl (C=O) groups is 2. The molecule has 0 aromatic carbocycles. The SMILES string of the molecule is CCOC(=O)CN(CCOC)C(=O)C1(CN)CCC1. The van der Waals surface area contributed by atoms with E-state index in [1.165, 1.54) is 4.90 Å². The van der Waals surface area contributed by atoms with Crippen molar-refractivity contribution < 1.29 is 19.1 Å². The first-order chi connectivity index (χ1) is 9.09. The van der Waals surface area contributed by atoms with E-state index < -0.39 is 11.4 Å². The standard InChI is InChI=1S/C13H24N2O4/c1-3-19-11(16)9-15(7-8-18-2)12(17)13(10-14)5-4-6-13/h3-10,14H2,1-2H3. The van der Waals surface area contributed by atoms with Crippen molar-refractivity contribution in [3.63, 3.8) is 0 Å². The molecule has 2 N–H and O–H groups in total. The molecule has 0 spiro atoms. The lowest BCUT2D eigenvalue weighted by atomic mass is 9.68. The molecule has 1 aliphatic carbocycles. The van der Waals surface area contributed by atoms with Crippen molar-refractivity contribution in [1.82, 2.24) is 4.90 Å². The highest BCUT2D eigenvalue weighted by Crippen LogP contribution is 2.41. The van der Waals surface area contributed by atoms with Crippen LogP contribution in [-0.2, 0) is 19.1 Å². The summed E-state index contributed by atoms with van der Waals surface area (Å²) in [6.07, 6.45) is 2.61.